The number of hydrogen-bond acceptors (Lipinski definition) is 3. The first-order valence-electron chi connectivity index (χ1n) is 8.84. The summed E-state index contributed by atoms with van der Waals surface area (Å²) in [4.78, 5) is 12.3. The maximum Gasteiger partial charge on any atom is 0.409 e. The molecule has 29 heavy (non-hydrogen) atoms. The molecule has 0 saturated carbocycles. The molecule has 0 aliphatic rings. The van der Waals surface area contributed by atoms with Crippen molar-refractivity contribution in [3.8, 4) is 0 Å². The van der Waals surface area contributed by atoms with Gasteiger partial charge in [-0.3, -0.25) is 4.21 Å². The first kappa shape index (κ1) is 22.7. The lowest BCUT2D eigenvalue weighted by Crippen LogP contribution is -2.54. The zero-order valence-corrected chi connectivity index (χ0v) is 16.6. The Hall–Kier alpha value is -2.61. The quantitative estimate of drug-likeness (QED) is 0.612. The molecule has 0 fully saturated rings. The lowest BCUT2D eigenvalue weighted by molar-refractivity contribution is -0.154. The summed E-state index contributed by atoms with van der Waals surface area (Å²) in [5, 5.41) is 0.402. The molecule has 1 N–H and O–H groups in total. The number of rotatable bonds is 8. The predicted molar refractivity (Wildman–Crippen MR) is 106 cm³/mol. The van der Waals surface area contributed by atoms with Gasteiger partial charge in [0.2, 0.25) is 0 Å². The highest BCUT2D eigenvalue weighted by atomic mass is 32.2. The monoisotopic (exact) mass is 425 g/mol. The Morgan fingerprint density at radius 1 is 1.17 bits per heavy atom. The molecule has 0 heterocycles. The van der Waals surface area contributed by atoms with Crippen molar-refractivity contribution in [3.63, 3.8) is 0 Å². The van der Waals surface area contributed by atoms with Crippen LogP contribution in [-0.4, -0.2) is 27.8 Å². The summed E-state index contributed by atoms with van der Waals surface area (Å²) < 4.78 is 58.9. The normalized spacial score (nSPS) is 14.5. The van der Waals surface area contributed by atoms with Crippen LogP contribution in [0.4, 0.5) is 18.0 Å². The van der Waals surface area contributed by atoms with Crippen molar-refractivity contribution in [2.45, 2.75) is 42.3 Å². The molecule has 4 nitrogen and oxygen atoms in total. The molecule has 3 atom stereocenters. The molecular weight excluding hydrogens is 403 g/mol. The first-order chi connectivity index (χ1) is 13.7. The van der Waals surface area contributed by atoms with Gasteiger partial charge >= 0.3 is 12.3 Å². The minimum Gasteiger partial charge on any atom is -0.445 e. The number of carbonyl (C=O) groups excluding carboxylic acids is 1. The molecule has 0 aromatic heterocycles. The van der Waals surface area contributed by atoms with E-state index in [1.54, 1.807) is 42.5 Å². The molecule has 8 heteroatoms. The Balaban J connectivity index is 2.18. The van der Waals surface area contributed by atoms with E-state index in [1.807, 2.05) is 12.2 Å². The Labute approximate surface area is 170 Å². The van der Waals surface area contributed by atoms with E-state index < -0.39 is 34.4 Å². The topological polar surface area (TPSA) is 55.4 Å². The van der Waals surface area contributed by atoms with Gasteiger partial charge in [0.15, 0.2) is 0 Å². The number of nitrogens with one attached hydrogen (secondary N) is 1. The molecule has 2 rings (SSSR count). The highest BCUT2D eigenvalue weighted by Crippen LogP contribution is 2.29. The van der Waals surface area contributed by atoms with E-state index >= 15 is 0 Å². The lowest BCUT2D eigenvalue weighted by atomic mass is 10.1. The van der Waals surface area contributed by atoms with Crippen LogP contribution in [0, 0.1) is 6.92 Å². The number of halogens is 3. The van der Waals surface area contributed by atoms with Crippen molar-refractivity contribution in [2.75, 3.05) is 0 Å². The van der Waals surface area contributed by atoms with Gasteiger partial charge in [0, 0.05) is 4.90 Å². The minimum absolute atomic E-state index is 0.176. The smallest absolute Gasteiger partial charge is 0.409 e. The van der Waals surface area contributed by atoms with E-state index in [1.165, 1.54) is 18.2 Å². The Kier molecular flexibility index (Phi) is 8.01. The standard InChI is InChI=1S/C21H22F3NO3S/c1-3-7-18(29(27)17-12-10-15(2)11-13-17)19(21(22,23)24)25-20(26)28-14-16-8-5-4-6-9-16/h3-6,8-13,18-19H,1,7,14H2,2H3,(H,25,26)/t18-,19-,29?/m1/s1. The Bertz CT molecular complexity index is 838. The number of hydrogen-bond donors (Lipinski definition) is 1. The van der Waals surface area contributed by atoms with Crippen molar-refractivity contribution in [1.82, 2.24) is 5.32 Å². The van der Waals surface area contributed by atoms with E-state index in [-0.39, 0.29) is 17.9 Å². The van der Waals surface area contributed by atoms with E-state index in [0.717, 1.165) is 5.56 Å². The summed E-state index contributed by atoms with van der Waals surface area (Å²) in [7, 11) is -2.02. The second-order valence-electron chi connectivity index (χ2n) is 6.40. The molecule has 1 amide bonds. The van der Waals surface area contributed by atoms with Crippen molar-refractivity contribution < 1.29 is 26.9 Å². The number of ether oxygens (including phenoxy) is 1. The van der Waals surface area contributed by atoms with Crippen LogP contribution in [0.3, 0.4) is 0 Å². The SMILES string of the molecule is C=CC[C@H]([C@@H](NC(=O)OCc1ccccc1)C(F)(F)F)S(=O)c1ccc(C)cc1. The number of carbonyl (C=O) groups is 1. The van der Waals surface area contributed by atoms with Crippen LogP contribution in [0.15, 0.2) is 72.1 Å². The zero-order valence-electron chi connectivity index (χ0n) is 15.8. The van der Waals surface area contributed by atoms with Crippen LogP contribution in [0.1, 0.15) is 17.5 Å². The highest BCUT2D eigenvalue weighted by molar-refractivity contribution is 7.85. The maximum absolute atomic E-state index is 13.7. The van der Waals surface area contributed by atoms with Crippen LogP contribution >= 0.6 is 0 Å². The number of amides is 1. The number of alkyl halides is 3. The van der Waals surface area contributed by atoms with Crippen LogP contribution in [-0.2, 0) is 22.1 Å². The maximum atomic E-state index is 13.7. The van der Waals surface area contributed by atoms with Gasteiger partial charge in [0.05, 0.1) is 16.0 Å². The average molecular weight is 425 g/mol. The van der Waals surface area contributed by atoms with E-state index in [9.17, 15) is 22.2 Å². The zero-order chi connectivity index (χ0) is 21.4. The molecular formula is C21H22F3NO3S. The predicted octanol–water partition coefficient (Wildman–Crippen LogP) is 4.90. The molecule has 1 unspecified atom stereocenters. The summed E-state index contributed by atoms with van der Waals surface area (Å²) in [5.74, 6) is 0. The molecule has 0 radical (unpaired) electrons. The molecule has 0 aliphatic heterocycles. The van der Waals surface area contributed by atoms with Gasteiger partial charge < -0.3 is 10.1 Å². The van der Waals surface area contributed by atoms with Gasteiger partial charge in [-0.15, -0.1) is 6.58 Å². The van der Waals surface area contributed by atoms with Crippen LogP contribution in [0.5, 0.6) is 0 Å². The summed E-state index contributed by atoms with van der Waals surface area (Å²) >= 11 is 0. The molecule has 156 valence electrons. The third kappa shape index (κ3) is 6.74. The third-order valence-electron chi connectivity index (χ3n) is 4.14. The summed E-state index contributed by atoms with van der Waals surface area (Å²) in [6.45, 7) is 5.10. The van der Waals surface area contributed by atoms with Gasteiger partial charge in [-0.05, 0) is 31.0 Å². The van der Waals surface area contributed by atoms with Crippen LogP contribution in [0.25, 0.3) is 0 Å². The minimum atomic E-state index is -4.82. The molecule has 0 spiro atoms. The third-order valence-corrected chi connectivity index (χ3v) is 5.89. The van der Waals surface area contributed by atoms with E-state index in [4.69, 9.17) is 4.74 Å². The second kappa shape index (κ2) is 10.2. The molecule has 0 bridgehead atoms. The summed E-state index contributed by atoms with van der Waals surface area (Å²) in [5.41, 5.74) is 1.53. The summed E-state index contributed by atoms with van der Waals surface area (Å²) in [6, 6.07) is 12.6. The number of aryl methyl sites for hydroxylation is 1. The van der Waals surface area contributed by atoms with Crippen LogP contribution in [0.2, 0.25) is 0 Å². The Morgan fingerprint density at radius 2 is 1.79 bits per heavy atom. The van der Waals surface area contributed by atoms with Crippen molar-refractivity contribution in [3.05, 3.63) is 78.4 Å². The summed E-state index contributed by atoms with van der Waals surface area (Å²) in [6.07, 6.45) is -5.00. The first-order valence-corrected chi connectivity index (χ1v) is 10.1. The van der Waals surface area contributed by atoms with Crippen molar-refractivity contribution in [2.24, 2.45) is 0 Å². The Morgan fingerprint density at radius 3 is 2.34 bits per heavy atom. The average Bonchev–Trinajstić information content (AvgIpc) is 2.69. The van der Waals surface area contributed by atoms with E-state index in [0.29, 0.717) is 5.56 Å². The van der Waals surface area contributed by atoms with Gasteiger partial charge in [-0.1, -0.05) is 54.1 Å². The number of alkyl carbamates (subject to hydrolysis) is 1. The van der Waals surface area contributed by atoms with Gasteiger partial charge in [-0.25, -0.2) is 4.79 Å². The molecule has 2 aromatic rings. The van der Waals surface area contributed by atoms with Crippen molar-refractivity contribution in [1.29, 1.82) is 0 Å². The number of allylic oxidation sites excluding steroid dienone is 1. The number of benzene rings is 2. The van der Waals surface area contributed by atoms with Gasteiger partial charge in [0.25, 0.3) is 0 Å². The molecule has 0 saturated heterocycles. The van der Waals surface area contributed by atoms with E-state index in [2.05, 4.69) is 6.58 Å². The largest absolute Gasteiger partial charge is 0.445 e. The fourth-order valence-electron chi connectivity index (χ4n) is 2.64. The van der Waals surface area contributed by atoms with Gasteiger partial charge in [0.1, 0.15) is 12.6 Å². The lowest BCUT2D eigenvalue weighted by Gasteiger charge is -2.28. The highest BCUT2D eigenvalue weighted by Gasteiger charge is 2.48. The second-order valence-corrected chi connectivity index (χ2v) is 8.07. The van der Waals surface area contributed by atoms with Crippen molar-refractivity contribution >= 4 is 16.9 Å². The fourth-order valence-corrected chi connectivity index (χ4v) is 4.17. The van der Waals surface area contributed by atoms with Gasteiger partial charge in [-0.2, -0.15) is 13.2 Å². The fraction of sp³-hybridized carbons (Fsp3) is 0.286. The molecule has 0 aliphatic carbocycles. The van der Waals surface area contributed by atoms with Crippen LogP contribution < -0.4 is 5.32 Å². The molecule has 2 aromatic carbocycles.